The second-order valence-electron chi connectivity index (χ2n) is 11.4. The van der Waals surface area contributed by atoms with Crippen molar-refractivity contribution in [3.05, 3.63) is 90.0 Å². The van der Waals surface area contributed by atoms with Crippen LogP contribution in [0.3, 0.4) is 0 Å². The van der Waals surface area contributed by atoms with Crippen molar-refractivity contribution >= 4 is 40.4 Å². The highest BCUT2D eigenvalue weighted by Crippen LogP contribution is 2.42. The fraction of sp³-hybridized carbons (Fsp3) is 0.389. The van der Waals surface area contributed by atoms with E-state index in [1.807, 2.05) is 6.07 Å². The van der Waals surface area contributed by atoms with Gasteiger partial charge in [-0.05, 0) is 88.6 Å². The number of fused-ring (bicyclic) bond motifs is 1. The number of para-hydroxylation sites is 1. The van der Waals surface area contributed by atoms with Gasteiger partial charge in [-0.2, -0.15) is 4.58 Å². The minimum Gasteiger partial charge on any atom is -0.372 e. The van der Waals surface area contributed by atoms with E-state index < -0.39 is 0 Å². The van der Waals surface area contributed by atoms with Crippen LogP contribution in [-0.2, 0) is 10.2 Å². The molecule has 3 aromatic rings. The van der Waals surface area contributed by atoms with Gasteiger partial charge in [-0.15, -0.1) is 0 Å². The number of nitrogens with zero attached hydrogens (tertiary/aromatic N) is 2. The predicted octanol–water partition coefficient (Wildman–Crippen LogP) is 7.00. The lowest BCUT2D eigenvalue weighted by Gasteiger charge is -2.20. The first-order chi connectivity index (χ1) is 20.4. The van der Waals surface area contributed by atoms with Gasteiger partial charge in [0.25, 0.3) is 0 Å². The van der Waals surface area contributed by atoms with Gasteiger partial charge in [-0.25, -0.2) is 0 Å². The summed E-state index contributed by atoms with van der Waals surface area (Å²) < 4.78 is 2.48. The average molecular weight is 567 g/mol. The largest absolute Gasteiger partial charge is 0.372 e. The molecule has 0 atom stereocenters. The summed E-state index contributed by atoms with van der Waals surface area (Å²) in [5, 5.41) is 6.44. The quantitative estimate of drug-likeness (QED) is 0.137. The van der Waals surface area contributed by atoms with Gasteiger partial charge < -0.3 is 21.3 Å². The monoisotopic (exact) mass is 566 g/mol. The third-order valence-electron chi connectivity index (χ3n) is 8.16. The van der Waals surface area contributed by atoms with Gasteiger partial charge in [-0.3, -0.25) is 4.79 Å². The van der Waals surface area contributed by atoms with E-state index in [9.17, 15) is 4.79 Å². The normalized spacial score (nSPS) is 13.8. The maximum absolute atomic E-state index is 12.0. The summed E-state index contributed by atoms with van der Waals surface area (Å²) in [4.78, 5) is 14.4. The second kappa shape index (κ2) is 14.8. The third-order valence-corrected chi connectivity index (χ3v) is 8.16. The molecule has 0 aliphatic carbocycles. The molecule has 1 amide bonds. The Morgan fingerprint density at radius 3 is 2.33 bits per heavy atom. The predicted molar refractivity (Wildman–Crippen MR) is 179 cm³/mol. The molecule has 0 fully saturated rings. The molecule has 222 valence electrons. The Morgan fingerprint density at radius 1 is 0.905 bits per heavy atom. The Kier molecular flexibility index (Phi) is 11.0. The van der Waals surface area contributed by atoms with Crippen molar-refractivity contribution in [3.63, 3.8) is 0 Å². The molecule has 0 radical (unpaired) electrons. The topological polar surface area (TPSA) is 73.4 Å². The zero-order valence-electron chi connectivity index (χ0n) is 25.8. The Bertz CT molecular complexity index is 1370. The lowest BCUT2D eigenvalue weighted by atomic mass is 9.81. The summed E-state index contributed by atoms with van der Waals surface area (Å²) >= 11 is 0. The molecule has 3 aromatic carbocycles. The molecule has 6 nitrogen and oxygen atoms in total. The van der Waals surface area contributed by atoms with Gasteiger partial charge in [0.05, 0.1) is 5.41 Å². The molecule has 0 unspecified atom stereocenters. The number of carbonyl (C=O) groups excluding carboxylic acids is 1. The number of anilines is 3. The van der Waals surface area contributed by atoms with E-state index in [0.29, 0.717) is 19.5 Å². The van der Waals surface area contributed by atoms with E-state index in [1.54, 1.807) is 0 Å². The number of nitrogens with two attached hydrogens (primary N) is 1. The van der Waals surface area contributed by atoms with Crippen LogP contribution in [-0.4, -0.2) is 48.9 Å². The number of nitrogens with one attached hydrogen (secondary N) is 2. The smallest absolute Gasteiger partial charge is 0.220 e. The van der Waals surface area contributed by atoms with Crippen LogP contribution in [0, 0.1) is 0 Å². The van der Waals surface area contributed by atoms with Crippen LogP contribution in [0.2, 0.25) is 0 Å². The molecular formula is C36H48N5O+. The molecule has 42 heavy (non-hydrogen) atoms. The Labute approximate surface area is 252 Å². The molecule has 4 N–H and O–H groups in total. The van der Waals surface area contributed by atoms with Crippen molar-refractivity contribution in [1.29, 1.82) is 0 Å². The Morgan fingerprint density at radius 2 is 1.64 bits per heavy atom. The SMILES string of the molecule is CCN(CC)c1ccc(/C=C/C2=[N+](CCCCCC(=O)NCCN)c3ccc(Nc4ccccc4)cc3C2(C)C)cc1. The molecule has 0 aromatic heterocycles. The van der Waals surface area contributed by atoms with Crippen molar-refractivity contribution in [1.82, 2.24) is 5.32 Å². The first-order valence-electron chi connectivity index (χ1n) is 15.5. The highest BCUT2D eigenvalue weighted by Gasteiger charge is 2.44. The van der Waals surface area contributed by atoms with Crippen LogP contribution >= 0.6 is 0 Å². The minimum atomic E-state index is -0.163. The summed E-state index contributed by atoms with van der Waals surface area (Å²) in [6, 6.07) is 25.9. The van der Waals surface area contributed by atoms with Crippen LogP contribution in [0.1, 0.15) is 64.5 Å². The van der Waals surface area contributed by atoms with Gasteiger partial charge in [0.1, 0.15) is 6.54 Å². The maximum atomic E-state index is 12.0. The zero-order valence-corrected chi connectivity index (χ0v) is 25.8. The molecule has 0 saturated carbocycles. The summed E-state index contributed by atoms with van der Waals surface area (Å²) in [5.74, 6) is 0.0914. The van der Waals surface area contributed by atoms with Gasteiger partial charge in [0.2, 0.25) is 11.6 Å². The maximum Gasteiger partial charge on any atom is 0.220 e. The first kappa shape index (κ1) is 31.0. The van der Waals surface area contributed by atoms with Gasteiger partial charge >= 0.3 is 0 Å². The van der Waals surface area contributed by atoms with E-state index in [4.69, 9.17) is 5.73 Å². The van der Waals surface area contributed by atoms with E-state index in [2.05, 4.69) is 127 Å². The number of allylic oxidation sites excluding steroid dienone is 1. The van der Waals surface area contributed by atoms with Crippen LogP contribution < -0.4 is 21.3 Å². The number of unbranched alkanes of at least 4 members (excludes halogenated alkanes) is 2. The number of hydrogen-bond acceptors (Lipinski definition) is 4. The second-order valence-corrected chi connectivity index (χ2v) is 11.4. The van der Waals surface area contributed by atoms with Gasteiger partial charge in [-0.1, -0.05) is 30.3 Å². The molecule has 6 heteroatoms. The first-order valence-corrected chi connectivity index (χ1v) is 15.5. The average Bonchev–Trinajstić information content (AvgIpc) is 3.21. The molecule has 0 bridgehead atoms. The number of carbonyl (C=O) groups is 1. The fourth-order valence-corrected chi connectivity index (χ4v) is 5.77. The van der Waals surface area contributed by atoms with Crippen molar-refractivity contribution in [2.45, 2.75) is 58.8 Å². The van der Waals surface area contributed by atoms with Crippen molar-refractivity contribution in [3.8, 4) is 0 Å². The number of rotatable bonds is 15. The highest BCUT2D eigenvalue weighted by molar-refractivity contribution is 6.05. The lowest BCUT2D eigenvalue weighted by molar-refractivity contribution is -0.438. The standard InChI is InChI=1S/C36H47N5O/c1-5-40(6-2)31-20-16-28(17-21-31)18-23-34-36(3,4)32-27-30(39-29-13-9-7-10-14-29)19-22-33(32)41(34)26-12-8-11-15-35(42)38-25-24-37/h7,9-10,13-14,16-23,27,39H,5-6,8,11-12,15,24-26,37H2,1-4H3/p+1. The summed E-state index contributed by atoms with van der Waals surface area (Å²) in [7, 11) is 0. The molecule has 4 rings (SSSR count). The fourth-order valence-electron chi connectivity index (χ4n) is 5.77. The molecular weight excluding hydrogens is 518 g/mol. The van der Waals surface area contributed by atoms with E-state index in [0.717, 1.165) is 50.3 Å². The van der Waals surface area contributed by atoms with E-state index in [1.165, 1.54) is 28.2 Å². The van der Waals surface area contributed by atoms with E-state index >= 15 is 0 Å². The van der Waals surface area contributed by atoms with Crippen LogP contribution in [0.4, 0.5) is 22.7 Å². The molecule has 1 aliphatic heterocycles. The minimum absolute atomic E-state index is 0.0914. The summed E-state index contributed by atoms with van der Waals surface area (Å²) in [5.41, 5.74) is 13.8. The van der Waals surface area contributed by atoms with Crippen molar-refractivity contribution in [2.75, 3.05) is 42.9 Å². The third kappa shape index (κ3) is 7.68. The Balaban J connectivity index is 1.56. The Hall–Kier alpha value is -3.90. The van der Waals surface area contributed by atoms with Gasteiger partial charge in [0.15, 0.2) is 5.71 Å². The van der Waals surface area contributed by atoms with Crippen molar-refractivity contribution in [2.24, 2.45) is 5.73 Å². The number of amides is 1. The highest BCUT2D eigenvalue weighted by atomic mass is 16.1. The zero-order chi connectivity index (χ0) is 30.0. The summed E-state index contributed by atoms with van der Waals surface area (Å²) in [6.45, 7) is 13.0. The van der Waals surface area contributed by atoms with Crippen LogP contribution in [0.15, 0.2) is 78.9 Å². The van der Waals surface area contributed by atoms with Crippen LogP contribution in [0.25, 0.3) is 6.08 Å². The lowest BCUT2D eigenvalue weighted by Crippen LogP contribution is -2.28. The van der Waals surface area contributed by atoms with Crippen LogP contribution in [0.5, 0.6) is 0 Å². The number of benzene rings is 3. The number of hydrogen-bond donors (Lipinski definition) is 3. The molecule has 1 aliphatic rings. The van der Waals surface area contributed by atoms with Crippen molar-refractivity contribution < 1.29 is 9.37 Å². The van der Waals surface area contributed by atoms with E-state index in [-0.39, 0.29) is 11.3 Å². The molecule has 1 heterocycles. The molecule has 0 saturated heterocycles. The molecule has 0 spiro atoms. The summed E-state index contributed by atoms with van der Waals surface area (Å²) in [6.07, 6.45) is 7.99. The van der Waals surface area contributed by atoms with Gasteiger partial charge in [0, 0.05) is 73.8 Å².